The molecule has 1 aliphatic rings. The first kappa shape index (κ1) is 25.6. The summed E-state index contributed by atoms with van der Waals surface area (Å²) in [6.07, 6.45) is -2.86. The third kappa shape index (κ3) is 6.06. The number of amides is 2. The Kier molecular flexibility index (Phi) is 7.21. The number of piperazine rings is 1. The second-order valence-electron chi connectivity index (χ2n) is 8.51. The highest BCUT2D eigenvalue weighted by Crippen LogP contribution is 2.36. The number of hydrogen-bond acceptors (Lipinski definition) is 6. The number of benzene rings is 3. The number of nitrogens with one attached hydrogen (secondary N) is 3. The lowest BCUT2D eigenvalue weighted by atomic mass is 10.2. The second-order valence-corrected chi connectivity index (χ2v) is 8.92. The number of ether oxygens (including phenoxy) is 1. The number of anilines is 3. The van der Waals surface area contributed by atoms with Crippen molar-refractivity contribution < 1.29 is 22.7 Å². The molecule has 0 radical (unpaired) electrons. The van der Waals surface area contributed by atoms with Gasteiger partial charge in [-0.1, -0.05) is 11.6 Å². The van der Waals surface area contributed by atoms with E-state index in [1.807, 2.05) is 12.1 Å². The van der Waals surface area contributed by atoms with Crippen molar-refractivity contribution in [3.8, 4) is 11.5 Å². The van der Waals surface area contributed by atoms with Gasteiger partial charge in [0.25, 0.3) is 0 Å². The molecule has 0 aliphatic carbocycles. The number of fused-ring (bicyclic) bond motifs is 1. The lowest BCUT2D eigenvalue weighted by Crippen LogP contribution is -2.43. The zero-order chi connectivity index (χ0) is 26.7. The monoisotopic (exact) mass is 542 g/mol. The number of nitrogens with zero attached hydrogens (tertiary/aromatic N) is 3. The number of urea groups is 1. The molecule has 0 spiro atoms. The Morgan fingerprint density at radius 2 is 1.61 bits per heavy atom. The fourth-order valence-electron chi connectivity index (χ4n) is 3.95. The Morgan fingerprint density at radius 3 is 2.34 bits per heavy atom. The minimum absolute atomic E-state index is 0.0429. The molecule has 2 heterocycles. The SMILES string of the molecule is O=C(Nc1ccc(Oc2ccc3ncc(N4CCNCC4)nc3c2)cc1)Nc1ccc(Cl)c(C(F)(F)F)c1. The molecule has 2 amide bonds. The third-order valence-electron chi connectivity index (χ3n) is 5.82. The molecule has 1 aromatic heterocycles. The maximum Gasteiger partial charge on any atom is 0.417 e. The molecular formula is C26H22ClF3N6O2. The van der Waals surface area contributed by atoms with Crippen LogP contribution in [-0.2, 0) is 6.18 Å². The Morgan fingerprint density at radius 1 is 0.921 bits per heavy atom. The first-order valence-electron chi connectivity index (χ1n) is 11.7. The molecular weight excluding hydrogens is 521 g/mol. The molecule has 1 fully saturated rings. The van der Waals surface area contributed by atoms with Crippen LogP contribution in [0.25, 0.3) is 11.0 Å². The van der Waals surface area contributed by atoms with Crippen molar-refractivity contribution in [1.82, 2.24) is 15.3 Å². The Hall–Kier alpha value is -4.09. The quantitative estimate of drug-likeness (QED) is 0.280. The summed E-state index contributed by atoms with van der Waals surface area (Å²) in [5, 5.41) is 7.81. The summed E-state index contributed by atoms with van der Waals surface area (Å²) >= 11 is 5.62. The fraction of sp³-hybridized carbons (Fsp3) is 0.192. The molecule has 5 rings (SSSR count). The van der Waals surface area contributed by atoms with Crippen LogP contribution in [0.2, 0.25) is 5.02 Å². The van der Waals surface area contributed by atoms with Crippen molar-refractivity contribution in [3.05, 3.63) is 77.4 Å². The summed E-state index contributed by atoms with van der Waals surface area (Å²) in [5.74, 6) is 1.91. The first-order valence-corrected chi connectivity index (χ1v) is 12.1. The van der Waals surface area contributed by atoms with Gasteiger partial charge in [-0.25, -0.2) is 9.78 Å². The molecule has 38 heavy (non-hydrogen) atoms. The highest BCUT2D eigenvalue weighted by atomic mass is 35.5. The van der Waals surface area contributed by atoms with Gasteiger partial charge in [-0.15, -0.1) is 0 Å². The van der Waals surface area contributed by atoms with Crippen molar-refractivity contribution >= 4 is 45.9 Å². The number of aromatic nitrogens is 2. The van der Waals surface area contributed by atoms with Gasteiger partial charge in [-0.05, 0) is 54.6 Å². The molecule has 0 atom stereocenters. The summed E-state index contributed by atoms with van der Waals surface area (Å²) in [6.45, 7) is 3.52. The highest BCUT2D eigenvalue weighted by Gasteiger charge is 2.33. The number of carbonyl (C=O) groups is 1. The summed E-state index contributed by atoms with van der Waals surface area (Å²) in [4.78, 5) is 23.7. The number of halogens is 4. The van der Waals surface area contributed by atoms with Crippen LogP contribution in [0.1, 0.15) is 5.56 Å². The Bertz CT molecular complexity index is 1460. The summed E-state index contributed by atoms with van der Waals surface area (Å²) in [7, 11) is 0. The van der Waals surface area contributed by atoms with Crippen molar-refractivity contribution in [3.63, 3.8) is 0 Å². The molecule has 0 unspecified atom stereocenters. The van der Waals surface area contributed by atoms with Crippen molar-refractivity contribution in [2.45, 2.75) is 6.18 Å². The number of carbonyl (C=O) groups excluding carboxylic acids is 1. The van der Waals surface area contributed by atoms with Gasteiger partial charge in [0, 0.05) is 43.6 Å². The molecule has 196 valence electrons. The van der Waals surface area contributed by atoms with E-state index in [0.717, 1.165) is 49.6 Å². The predicted octanol–water partition coefficient (Wildman–Crippen LogP) is 6.15. The van der Waals surface area contributed by atoms with Gasteiger partial charge in [0.15, 0.2) is 0 Å². The van der Waals surface area contributed by atoms with Gasteiger partial charge in [0.2, 0.25) is 0 Å². The smallest absolute Gasteiger partial charge is 0.417 e. The van der Waals surface area contributed by atoms with E-state index in [-0.39, 0.29) is 5.69 Å². The van der Waals surface area contributed by atoms with Crippen LogP contribution in [0.15, 0.2) is 66.9 Å². The van der Waals surface area contributed by atoms with Crippen LogP contribution in [0.3, 0.4) is 0 Å². The molecule has 3 aromatic carbocycles. The number of rotatable bonds is 5. The van der Waals surface area contributed by atoms with E-state index < -0.39 is 22.8 Å². The van der Waals surface area contributed by atoms with Crippen molar-refractivity contribution in [2.24, 2.45) is 0 Å². The van der Waals surface area contributed by atoms with E-state index >= 15 is 0 Å². The topological polar surface area (TPSA) is 91.4 Å². The molecule has 0 saturated carbocycles. The summed E-state index contributed by atoms with van der Waals surface area (Å²) in [6, 6.07) is 14.4. The Balaban J connectivity index is 1.22. The van der Waals surface area contributed by atoms with Crippen molar-refractivity contribution in [1.29, 1.82) is 0 Å². The maximum atomic E-state index is 13.0. The van der Waals surface area contributed by atoms with E-state index in [2.05, 4.69) is 25.8 Å². The molecule has 0 bridgehead atoms. The normalized spacial score (nSPS) is 13.8. The molecule has 4 aromatic rings. The molecule has 1 aliphatic heterocycles. The third-order valence-corrected chi connectivity index (χ3v) is 6.15. The van der Waals surface area contributed by atoms with Crippen LogP contribution in [0.4, 0.5) is 35.2 Å². The van der Waals surface area contributed by atoms with Gasteiger partial charge >= 0.3 is 12.2 Å². The minimum atomic E-state index is -4.63. The molecule has 12 heteroatoms. The Labute approximate surface area is 220 Å². The minimum Gasteiger partial charge on any atom is -0.457 e. The lowest BCUT2D eigenvalue weighted by molar-refractivity contribution is -0.137. The standard InChI is InChI=1S/C26H22ClF3N6O2/c27-21-7-3-17(13-20(21)26(28,29)30)34-25(37)33-16-1-4-18(5-2-16)38-19-6-8-22-23(14-19)35-24(15-32-22)36-11-9-31-10-12-36/h1-8,13-15,31H,9-12H2,(H2,33,34,37). The molecule has 1 saturated heterocycles. The fourth-order valence-corrected chi connectivity index (χ4v) is 4.17. The maximum absolute atomic E-state index is 13.0. The zero-order valence-corrected chi connectivity index (χ0v) is 20.6. The van der Waals surface area contributed by atoms with E-state index in [4.69, 9.17) is 21.3 Å². The van der Waals surface area contributed by atoms with Crippen LogP contribution in [0.5, 0.6) is 11.5 Å². The van der Waals surface area contributed by atoms with E-state index in [1.165, 1.54) is 6.07 Å². The van der Waals surface area contributed by atoms with Crippen LogP contribution >= 0.6 is 11.6 Å². The van der Waals surface area contributed by atoms with E-state index in [9.17, 15) is 18.0 Å². The van der Waals surface area contributed by atoms with Crippen LogP contribution in [-0.4, -0.2) is 42.2 Å². The van der Waals surface area contributed by atoms with Gasteiger partial charge in [-0.3, -0.25) is 4.98 Å². The van der Waals surface area contributed by atoms with Crippen molar-refractivity contribution in [2.75, 3.05) is 41.7 Å². The average Bonchev–Trinajstić information content (AvgIpc) is 2.90. The van der Waals surface area contributed by atoms with Gasteiger partial charge in [0.1, 0.15) is 17.3 Å². The predicted molar refractivity (Wildman–Crippen MR) is 140 cm³/mol. The molecule has 3 N–H and O–H groups in total. The van der Waals surface area contributed by atoms with E-state index in [0.29, 0.717) is 22.7 Å². The number of alkyl halides is 3. The first-order chi connectivity index (χ1) is 18.2. The molecule has 8 nitrogen and oxygen atoms in total. The summed E-state index contributed by atoms with van der Waals surface area (Å²) < 4.78 is 45.1. The van der Waals surface area contributed by atoms with Gasteiger partial charge < -0.3 is 25.6 Å². The average molecular weight is 543 g/mol. The second kappa shape index (κ2) is 10.7. The van der Waals surface area contributed by atoms with E-state index in [1.54, 1.807) is 36.5 Å². The highest BCUT2D eigenvalue weighted by molar-refractivity contribution is 6.31. The summed E-state index contributed by atoms with van der Waals surface area (Å²) in [5.41, 5.74) is 0.816. The van der Waals surface area contributed by atoms with Gasteiger partial charge in [-0.2, -0.15) is 13.2 Å². The van der Waals surface area contributed by atoms with Crippen LogP contribution in [0, 0.1) is 0 Å². The lowest BCUT2D eigenvalue weighted by Gasteiger charge is -2.28. The van der Waals surface area contributed by atoms with Gasteiger partial charge in [0.05, 0.1) is 27.8 Å². The largest absolute Gasteiger partial charge is 0.457 e. The van der Waals surface area contributed by atoms with Crippen LogP contribution < -0.4 is 25.6 Å². The zero-order valence-electron chi connectivity index (χ0n) is 19.8. The number of hydrogen-bond donors (Lipinski definition) is 3.